The van der Waals surface area contributed by atoms with E-state index in [4.69, 9.17) is 11.6 Å². The molecule has 0 unspecified atom stereocenters. The first-order valence-corrected chi connectivity index (χ1v) is 6.09. The van der Waals surface area contributed by atoms with E-state index in [1.807, 2.05) is 6.07 Å². The topological polar surface area (TPSA) is 3.24 Å². The van der Waals surface area contributed by atoms with Gasteiger partial charge >= 0.3 is 0 Å². The van der Waals surface area contributed by atoms with E-state index in [1.165, 1.54) is 22.3 Å². The molecule has 0 bridgehead atoms. The monoisotopic (exact) mass is 235 g/mol. The second kappa shape index (κ2) is 4.60. The highest BCUT2D eigenvalue weighted by molar-refractivity contribution is 6.30. The molecule has 0 fully saturated rings. The van der Waals surface area contributed by atoms with Gasteiger partial charge in [0.2, 0.25) is 0 Å². The summed E-state index contributed by atoms with van der Waals surface area (Å²) in [6, 6.07) is 6.17. The number of rotatable bonds is 1. The van der Waals surface area contributed by atoms with Gasteiger partial charge in [0.1, 0.15) is 0 Å². The lowest BCUT2D eigenvalue weighted by atomic mass is 9.91. The summed E-state index contributed by atoms with van der Waals surface area (Å²) < 4.78 is 0. The Balaban J connectivity index is 2.44. The number of hydrogen-bond acceptors (Lipinski definition) is 1. The van der Waals surface area contributed by atoms with E-state index < -0.39 is 0 Å². The molecule has 0 aliphatic carbocycles. The minimum absolute atomic E-state index is 0.833. The van der Waals surface area contributed by atoms with Crippen molar-refractivity contribution in [1.29, 1.82) is 0 Å². The summed E-state index contributed by atoms with van der Waals surface area (Å²) in [6.45, 7) is 6.59. The molecule has 1 aliphatic rings. The minimum Gasteiger partial charge on any atom is -0.302 e. The van der Waals surface area contributed by atoms with E-state index in [1.54, 1.807) is 0 Å². The smallest absolute Gasteiger partial charge is 0.0412 e. The maximum atomic E-state index is 6.08. The molecule has 2 heteroatoms. The van der Waals surface area contributed by atoms with Gasteiger partial charge in [0.25, 0.3) is 0 Å². The summed E-state index contributed by atoms with van der Waals surface area (Å²) >= 11 is 6.08. The van der Waals surface area contributed by atoms with Crippen molar-refractivity contribution >= 4 is 17.2 Å². The first-order valence-electron chi connectivity index (χ1n) is 5.71. The first-order chi connectivity index (χ1) is 7.58. The van der Waals surface area contributed by atoms with Crippen LogP contribution in [0.4, 0.5) is 0 Å². The predicted octanol–water partition coefficient (Wildman–Crippen LogP) is 3.76. The molecule has 0 amide bonds. The van der Waals surface area contributed by atoms with Crippen molar-refractivity contribution in [1.82, 2.24) is 4.90 Å². The number of aryl methyl sites for hydroxylation is 1. The summed E-state index contributed by atoms with van der Waals surface area (Å²) in [5.41, 5.74) is 5.61. The van der Waals surface area contributed by atoms with Crippen LogP contribution in [0.2, 0.25) is 5.02 Å². The van der Waals surface area contributed by atoms with E-state index in [9.17, 15) is 0 Å². The van der Waals surface area contributed by atoms with Crippen molar-refractivity contribution in [3.8, 4) is 0 Å². The van der Waals surface area contributed by atoms with Gasteiger partial charge in [-0.05, 0) is 56.1 Å². The largest absolute Gasteiger partial charge is 0.302 e. The van der Waals surface area contributed by atoms with Crippen LogP contribution in [0.5, 0.6) is 0 Å². The molecule has 0 aromatic heterocycles. The second-order valence-corrected chi connectivity index (χ2v) is 5.14. The molecule has 16 heavy (non-hydrogen) atoms. The highest BCUT2D eigenvalue weighted by atomic mass is 35.5. The number of benzene rings is 1. The Hall–Kier alpha value is -0.790. The van der Waals surface area contributed by atoms with Gasteiger partial charge in [0.05, 0.1) is 0 Å². The van der Waals surface area contributed by atoms with Crippen LogP contribution in [0.25, 0.3) is 5.57 Å². The molecule has 0 N–H and O–H groups in total. The second-order valence-electron chi connectivity index (χ2n) is 4.71. The third kappa shape index (κ3) is 2.31. The molecular formula is C14H18ClN. The SMILES string of the molecule is CC1=C(c2cc(Cl)ccc2C)CCN(C)C1. The normalized spacial score (nSPS) is 18.0. The molecule has 1 aromatic carbocycles. The summed E-state index contributed by atoms with van der Waals surface area (Å²) in [5.74, 6) is 0. The van der Waals surface area contributed by atoms with Crippen molar-refractivity contribution in [2.45, 2.75) is 20.3 Å². The Morgan fingerprint density at radius 3 is 2.69 bits per heavy atom. The molecule has 0 atom stereocenters. The standard InChI is InChI=1S/C14H18ClN/c1-10-4-5-12(15)8-14(10)13-6-7-16(3)9-11(13)2/h4-5,8H,6-7,9H2,1-3H3. The first kappa shape index (κ1) is 11.7. The molecule has 1 aromatic rings. The van der Waals surface area contributed by atoms with E-state index in [0.29, 0.717) is 0 Å². The van der Waals surface area contributed by atoms with Crippen LogP contribution in [0.15, 0.2) is 23.8 Å². The number of hydrogen-bond donors (Lipinski definition) is 0. The average Bonchev–Trinajstić information content (AvgIpc) is 2.22. The molecule has 0 spiro atoms. The molecule has 0 saturated carbocycles. The third-order valence-electron chi connectivity index (χ3n) is 3.29. The van der Waals surface area contributed by atoms with Gasteiger partial charge in [-0.25, -0.2) is 0 Å². The minimum atomic E-state index is 0.833. The van der Waals surface area contributed by atoms with Crippen LogP contribution < -0.4 is 0 Å². The van der Waals surface area contributed by atoms with Crippen molar-refractivity contribution in [2.75, 3.05) is 20.1 Å². The van der Waals surface area contributed by atoms with Gasteiger partial charge in [0.15, 0.2) is 0 Å². The Morgan fingerprint density at radius 1 is 1.25 bits per heavy atom. The Labute approximate surface area is 103 Å². The Morgan fingerprint density at radius 2 is 2.00 bits per heavy atom. The molecule has 1 heterocycles. The third-order valence-corrected chi connectivity index (χ3v) is 3.53. The number of halogens is 1. The van der Waals surface area contributed by atoms with Crippen LogP contribution in [0.3, 0.4) is 0 Å². The molecule has 1 nitrogen and oxygen atoms in total. The zero-order valence-corrected chi connectivity index (χ0v) is 10.9. The zero-order valence-electron chi connectivity index (χ0n) is 10.2. The van der Waals surface area contributed by atoms with Crippen molar-refractivity contribution in [3.63, 3.8) is 0 Å². The van der Waals surface area contributed by atoms with Crippen LogP contribution in [0.1, 0.15) is 24.5 Å². The molecule has 0 saturated heterocycles. The molecule has 0 radical (unpaired) electrons. The molecular weight excluding hydrogens is 218 g/mol. The fraction of sp³-hybridized carbons (Fsp3) is 0.429. The summed E-state index contributed by atoms with van der Waals surface area (Å²) in [4.78, 5) is 2.36. The van der Waals surface area contributed by atoms with E-state index in [0.717, 1.165) is 24.5 Å². The lowest BCUT2D eigenvalue weighted by Gasteiger charge is -2.27. The summed E-state index contributed by atoms with van der Waals surface area (Å²) in [6.07, 6.45) is 1.13. The lowest BCUT2D eigenvalue weighted by Crippen LogP contribution is -2.26. The van der Waals surface area contributed by atoms with Crippen LogP contribution >= 0.6 is 11.6 Å². The van der Waals surface area contributed by atoms with Crippen molar-refractivity contribution in [2.24, 2.45) is 0 Å². The Kier molecular flexibility index (Phi) is 3.36. The van der Waals surface area contributed by atoms with Gasteiger partial charge in [-0.2, -0.15) is 0 Å². The summed E-state index contributed by atoms with van der Waals surface area (Å²) in [5, 5.41) is 0.833. The highest BCUT2D eigenvalue weighted by Crippen LogP contribution is 2.30. The summed E-state index contributed by atoms with van der Waals surface area (Å²) in [7, 11) is 2.17. The van der Waals surface area contributed by atoms with E-state index >= 15 is 0 Å². The maximum absolute atomic E-state index is 6.08. The number of nitrogens with zero attached hydrogens (tertiary/aromatic N) is 1. The van der Waals surface area contributed by atoms with Gasteiger partial charge in [0, 0.05) is 18.1 Å². The van der Waals surface area contributed by atoms with E-state index in [-0.39, 0.29) is 0 Å². The fourth-order valence-electron chi connectivity index (χ4n) is 2.38. The van der Waals surface area contributed by atoms with Crippen LogP contribution in [-0.4, -0.2) is 25.0 Å². The van der Waals surface area contributed by atoms with Gasteiger partial charge < -0.3 is 4.90 Å². The van der Waals surface area contributed by atoms with E-state index in [2.05, 4.69) is 37.9 Å². The van der Waals surface area contributed by atoms with Crippen LogP contribution in [0, 0.1) is 6.92 Å². The average molecular weight is 236 g/mol. The maximum Gasteiger partial charge on any atom is 0.0412 e. The van der Waals surface area contributed by atoms with Gasteiger partial charge in [-0.1, -0.05) is 23.2 Å². The molecule has 86 valence electrons. The van der Waals surface area contributed by atoms with Crippen LogP contribution in [-0.2, 0) is 0 Å². The molecule has 2 rings (SSSR count). The Bertz CT molecular complexity index is 434. The highest BCUT2D eigenvalue weighted by Gasteiger charge is 2.16. The van der Waals surface area contributed by atoms with Crippen molar-refractivity contribution < 1.29 is 0 Å². The van der Waals surface area contributed by atoms with Gasteiger partial charge in [-0.3, -0.25) is 0 Å². The predicted molar refractivity (Wildman–Crippen MR) is 70.9 cm³/mol. The fourth-order valence-corrected chi connectivity index (χ4v) is 2.55. The quantitative estimate of drug-likeness (QED) is 0.717. The zero-order chi connectivity index (χ0) is 11.7. The van der Waals surface area contributed by atoms with Gasteiger partial charge in [-0.15, -0.1) is 0 Å². The lowest BCUT2D eigenvalue weighted by molar-refractivity contribution is 0.359. The van der Waals surface area contributed by atoms with Crippen molar-refractivity contribution in [3.05, 3.63) is 39.9 Å². The molecule has 1 aliphatic heterocycles. The number of likely N-dealkylation sites (N-methyl/N-ethyl adjacent to an activating group) is 1.